The number of fused-ring (bicyclic) bond motifs is 2. The van der Waals surface area contributed by atoms with Crippen LogP contribution < -0.4 is 16.7 Å². The normalized spacial score (nSPS) is 20.2. The van der Waals surface area contributed by atoms with Crippen molar-refractivity contribution < 1.29 is 28.2 Å². The second-order valence-electron chi connectivity index (χ2n) is 18.4. The van der Waals surface area contributed by atoms with Gasteiger partial charge < -0.3 is 35.6 Å². The maximum Gasteiger partial charge on any atom is 0.432 e. The van der Waals surface area contributed by atoms with E-state index >= 15 is 13.6 Å². The Labute approximate surface area is 372 Å². The van der Waals surface area contributed by atoms with Gasteiger partial charge >= 0.3 is 11.8 Å². The van der Waals surface area contributed by atoms with Crippen LogP contribution in [0, 0.1) is 17.0 Å². The van der Waals surface area contributed by atoms with E-state index in [1.54, 1.807) is 34.8 Å². The number of carbonyl (C=O) groups excluding carboxylic acids is 1. The molecule has 2 unspecified atom stereocenters. The molecule has 0 radical (unpaired) electrons. The topological polar surface area (TPSA) is 190 Å². The highest BCUT2D eigenvalue weighted by Crippen LogP contribution is 2.51. The van der Waals surface area contributed by atoms with Gasteiger partial charge in [0.2, 0.25) is 0 Å². The number of rotatable bonds is 10. The molecule has 3 fully saturated rings. The minimum Gasteiger partial charge on any atom is -0.463 e. The van der Waals surface area contributed by atoms with Crippen LogP contribution in [-0.2, 0) is 16.6 Å². The molecule has 5 N–H and O–H groups in total. The fourth-order valence-electron chi connectivity index (χ4n) is 10.3. The number of aliphatic imine (C=N–C) groups is 1. The molecule has 336 valence electrons. The summed E-state index contributed by atoms with van der Waals surface area (Å²) >= 11 is 0. The van der Waals surface area contributed by atoms with Gasteiger partial charge in [-0.05, 0) is 131 Å². The van der Waals surface area contributed by atoms with E-state index in [-0.39, 0.29) is 52.8 Å². The second-order valence-corrected chi connectivity index (χ2v) is 18.4. The molecule has 65 heavy (non-hydrogen) atoms. The lowest BCUT2D eigenvalue weighted by molar-refractivity contribution is -0.0593. The Hall–Kier alpha value is -6.88. The van der Waals surface area contributed by atoms with E-state index in [1.165, 1.54) is 29.1 Å². The zero-order valence-electron chi connectivity index (χ0n) is 36.6. The number of amidine groups is 1. The number of anilines is 1. The molecule has 2 amide bonds. The van der Waals surface area contributed by atoms with Gasteiger partial charge in [-0.2, -0.15) is 10.1 Å². The van der Waals surface area contributed by atoms with Gasteiger partial charge in [-0.15, -0.1) is 0 Å². The minimum absolute atomic E-state index is 0.0146. The molecular formula is C48H50F2N10O5. The Morgan fingerprint density at radius 1 is 1.03 bits per heavy atom. The molecule has 6 aromatic rings. The summed E-state index contributed by atoms with van der Waals surface area (Å²) < 4.78 is 43.3. The van der Waals surface area contributed by atoms with Crippen LogP contribution in [0.15, 0.2) is 76.9 Å². The average Bonchev–Trinajstić information content (AvgIpc) is 4.18. The SMILES string of the molecule is CNc1ccc(-n2ccn(-c3c4c(nn3-c3ccc(F)c(C5CC5)c3)CCN(C(=O)c3cc5cc(C6CCOC(C)(C)C6)ccn5c3C3(/C(N)=N/C(=O)O)CC3)C4C)c2=O)c(F)c1C=N. The Morgan fingerprint density at radius 3 is 2.49 bits per heavy atom. The number of nitrogens with two attached hydrogens (primary N) is 1. The monoisotopic (exact) mass is 884 g/mol. The number of carbonyl (C=O) groups is 2. The molecule has 2 aliphatic heterocycles. The zero-order chi connectivity index (χ0) is 45.7. The number of aromatic nitrogens is 5. The Balaban J connectivity index is 1.11. The van der Waals surface area contributed by atoms with Crippen LogP contribution in [0.4, 0.5) is 19.3 Å². The van der Waals surface area contributed by atoms with Crippen molar-refractivity contribution in [2.24, 2.45) is 10.7 Å². The van der Waals surface area contributed by atoms with Gasteiger partial charge in [-0.25, -0.2) is 23.1 Å². The van der Waals surface area contributed by atoms with Gasteiger partial charge in [0.15, 0.2) is 5.82 Å². The van der Waals surface area contributed by atoms with Crippen LogP contribution in [0.1, 0.15) is 121 Å². The molecule has 17 heteroatoms. The molecule has 0 bridgehead atoms. The summed E-state index contributed by atoms with van der Waals surface area (Å²) in [5.74, 6) is -0.879. The quantitative estimate of drug-likeness (QED) is 0.0793. The van der Waals surface area contributed by atoms with Crippen molar-refractivity contribution in [1.29, 1.82) is 5.41 Å². The van der Waals surface area contributed by atoms with Crippen LogP contribution >= 0.6 is 0 Å². The highest BCUT2D eigenvalue weighted by atomic mass is 19.1. The van der Waals surface area contributed by atoms with Crippen LogP contribution in [0.2, 0.25) is 0 Å². The molecule has 4 aliphatic rings. The van der Waals surface area contributed by atoms with Crippen molar-refractivity contribution in [3.8, 4) is 17.2 Å². The molecule has 1 saturated heterocycles. The first kappa shape index (κ1) is 42.1. The van der Waals surface area contributed by atoms with Gasteiger partial charge in [0, 0.05) is 73.9 Å². The van der Waals surface area contributed by atoms with E-state index in [2.05, 4.69) is 36.3 Å². The lowest BCUT2D eigenvalue weighted by Crippen LogP contribution is -2.41. The molecule has 10 rings (SSSR count). The number of pyridine rings is 1. The summed E-state index contributed by atoms with van der Waals surface area (Å²) in [7, 11) is 1.62. The fourth-order valence-corrected chi connectivity index (χ4v) is 10.3. The first-order valence-electron chi connectivity index (χ1n) is 22.1. The average molecular weight is 885 g/mol. The van der Waals surface area contributed by atoms with E-state index in [1.807, 2.05) is 23.6 Å². The maximum absolute atomic E-state index is 16.0. The van der Waals surface area contributed by atoms with Crippen LogP contribution in [0.25, 0.3) is 22.7 Å². The largest absolute Gasteiger partial charge is 0.463 e. The van der Waals surface area contributed by atoms with Crippen molar-refractivity contribution in [1.82, 2.24) is 28.2 Å². The number of benzene rings is 2. The predicted molar refractivity (Wildman–Crippen MR) is 241 cm³/mol. The lowest BCUT2D eigenvalue weighted by Gasteiger charge is -2.35. The number of nitrogens with one attached hydrogen (secondary N) is 2. The molecule has 4 aromatic heterocycles. The van der Waals surface area contributed by atoms with Crippen molar-refractivity contribution >= 4 is 35.3 Å². The number of hydrogen-bond acceptors (Lipinski definition) is 7. The summed E-state index contributed by atoms with van der Waals surface area (Å²) in [6, 6.07) is 13.1. The number of imidazole rings is 1. The molecule has 2 aliphatic carbocycles. The Bertz CT molecular complexity index is 3060. The van der Waals surface area contributed by atoms with Gasteiger partial charge in [0.1, 0.15) is 17.5 Å². The van der Waals surface area contributed by atoms with Crippen molar-refractivity contribution in [2.45, 2.75) is 94.6 Å². The Morgan fingerprint density at radius 2 is 1.80 bits per heavy atom. The molecule has 0 spiro atoms. The summed E-state index contributed by atoms with van der Waals surface area (Å²) in [5.41, 5.74) is 9.98. The Kier molecular flexibility index (Phi) is 9.97. The molecule has 15 nitrogen and oxygen atoms in total. The third kappa shape index (κ3) is 6.94. The van der Waals surface area contributed by atoms with Gasteiger partial charge in [-0.3, -0.25) is 13.9 Å². The van der Waals surface area contributed by atoms with E-state index in [9.17, 15) is 14.7 Å². The van der Waals surface area contributed by atoms with E-state index in [0.29, 0.717) is 71.1 Å². The summed E-state index contributed by atoms with van der Waals surface area (Å²) in [6.07, 6.45) is 9.04. The van der Waals surface area contributed by atoms with E-state index in [0.717, 1.165) is 47.5 Å². The minimum atomic E-state index is -1.42. The third-order valence-corrected chi connectivity index (χ3v) is 13.9. The highest BCUT2D eigenvalue weighted by Gasteiger charge is 2.53. The summed E-state index contributed by atoms with van der Waals surface area (Å²) in [5, 5.41) is 25.5. The second kappa shape index (κ2) is 15.4. The number of amides is 2. The third-order valence-electron chi connectivity index (χ3n) is 13.9. The smallest absolute Gasteiger partial charge is 0.432 e. The maximum atomic E-state index is 16.0. The van der Waals surface area contributed by atoms with Gasteiger partial charge in [0.05, 0.1) is 45.3 Å². The number of carboxylic acid groups (broad SMARTS) is 1. The van der Waals surface area contributed by atoms with E-state index in [4.69, 9.17) is 21.0 Å². The molecule has 2 aromatic carbocycles. The fraction of sp³-hybridized carbons (Fsp3) is 0.375. The van der Waals surface area contributed by atoms with Crippen molar-refractivity contribution in [3.05, 3.63) is 128 Å². The number of nitrogens with zero attached hydrogens (tertiary/aromatic N) is 7. The number of halogens is 2. The standard InChI is InChI=1S/C48H50F2N10O5/c1-26-39-37(55-60(30-7-8-35(49)32(22-30)27-5-6-27)42(39)59-19-18-58(46(59)64)38-10-9-36(53-4)34(25-51)40(38)50)12-17-56(26)43(61)33-23-31-21-28(29-13-20-65-47(2,3)24-29)11-16-57(31)41(33)48(14-15-48)44(52)54-45(62)63/h7-11,16,18-19,21-23,25-27,29,51,53H,5-6,12-15,17,20,24H2,1-4H3,(H2,52,54)(H,62,63). The molecule has 2 atom stereocenters. The summed E-state index contributed by atoms with van der Waals surface area (Å²) in [6.45, 7) is 6.92. The van der Waals surface area contributed by atoms with Crippen LogP contribution in [0.3, 0.4) is 0 Å². The summed E-state index contributed by atoms with van der Waals surface area (Å²) in [4.78, 5) is 47.4. The predicted octanol–water partition coefficient (Wildman–Crippen LogP) is 7.76. The van der Waals surface area contributed by atoms with Gasteiger partial charge in [-0.1, -0.05) is 0 Å². The van der Waals surface area contributed by atoms with Crippen LogP contribution in [0.5, 0.6) is 0 Å². The highest BCUT2D eigenvalue weighted by molar-refractivity contribution is 6.05. The first-order chi connectivity index (χ1) is 31.1. The molecule has 6 heterocycles. The number of hydrogen-bond donors (Lipinski definition) is 4. The number of ether oxygens (including phenoxy) is 1. The van der Waals surface area contributed by atoms with Gasteiger partial charge in [0.25, 0.3) is 5.91 Å². The molecule has 2 saturated carbocycles. The zero-order valence-corrected chi connectivity index (χ0v) is 36.6. The first-order valence-corrected chi connectivity index (χ1v) is 22.1. The molecular weight excluding hydrogens is 835 g/mol. The van der Waals surface area contributed by atoms with Crippen molar-refractivity contribution in [3.63, 3.8) is 0 Å². The lowest BCUT2D eigenvalue weighted by atomic mass is 9.84. The van der Waals surface area contributed by atoms with Crippen molar-refractivity contribution in [2.75, 3.05) is 25.5 Å². The van der Waals surface area contributed by atoms with E-state index < -0.39 is 29.1 Å². The van der Waals surface area contributed by atoms with Crippen LogP contribution in [-0.4, -0.2) is 83.2 Å².